The molecule has 3 rings (SSSR count). The predicted octanol–water partition coefficient (Wildman–Crippen LogP) is 0.873. The zero-order valence-electron chi connectivity index (χ0n) is 14.2. The first-order valence-electron chi connectivity index (χ1n) is 8.64. The molecule has 1 saturated carbocycles. The highest BCUT2D eigenvalue weighted by Crippen LogP contribution is 2.35. The second-order valence-corrected chi connectivity index (χ2v) is 6.91. The Morgan fingerprint density at radius 2 is 1.88 bits per heavy atom. The van der Waals surface area contributed by atoms with Crippen molar-refractivity contribution in [2.75, 3.05) is 26.7 Å². The second kappa shape index (κ2) is 7.70. The van der Waals surface area contributed by atoms with Crippen molar-refractivity contribution in [3.63, 3.8) is 0 Å². The molecule has 0 bridgehead atoms. The zero-order chi connectivity index (χ0) is 16.4. The summed E-state index contributed by atoms with van der Waals surface area (Å²) >= 11 is 0. The Balaban J connectivity index is 0.00000208. The molecule has 7 nitrogen and oxygen atoms in total. The third kappa shape index (κ3) is 3.52. The lowest BCUT2D eigenvalue weighted by atomic mass is 9.98. The van der Waals surface area contributed by atoms with Crippen LogP contribution in [0.5, 0.6) is 0 Å². The van der Waals surface area contributed by atoms with E-state index in [0.29, 0.717) is 0 Å². The van der Waals surface area contributed by atoms with Crippen LogP contribution < -0.4 is 10.6 Å². The van der Waals surface area contributed by atoms with Crippen LogP contribution in [0.2, 0.25) is 0 Å². The average molecular weight is 359 g/mol. The fraction of sp³-hybridized carbons (Fsp3) is 0.812. The van der Waals surface area contributed by atoms with Gasteiger partial charge in [-0.3, -0.25) is 14.5 Å². The van der Waals surface area contributed by atoms with Crippen molar-refractivity contribution in [2.45, 2.75) is 56.5 Å². The summed E-state index contributed by atoms with van der Waals surface area (Å²) in [5.74, 6) is -0.137. The third-order valence-corrected chi connectivity index (χ3v) is 5.50. The molecule has 1 spiro atoms. The van der Waals surface area contributed by atoms with Crippen LogP contribution in [-0.4, -0.2) is 65.9 Å². The van der Waals surface area contributed by atoms with Crippen LogP contribution in [0, 0.1) is 0 Å². The number of carbonyl (C=O) groups excluding carboxylic acids is 3. The molecule has 0 aromatic carbocycles. The lowest BCUT2D eigenvalue weighted by molar-refractivity contribution is -0.134. The van der Waals surface area contributed by atoms with Gasteiger partial charge in [0, 0.05) is 26.1 Å². The molecule has 0 aromatic rings. The normalized spacial score (nSPS) is 23.3. The number of amides is 4. The minimum absolute atomic E-state index is 0. The number of imide groups is 1. The van der Waals surface area contributed by atoms with Crippen LogP contribution in [0.4, 0.5) is 4.79 Å². The van der Waals surface area contributed by atoms with Crippen molar-refractivity contribution in [2.24, 2.45) is 0 Å². The molecule has 1 aliphatic carbocycles. The Kier molecular flexibility index (Phi) is 6.09. The van der Waals surface area contributed by atoms with Crippen LogP contribution in [0.25, 0.3) is 0 Å². The summed E-state index contributed by atoms with van der Waals surface area (Å²) in [6.45, 7) is 2.04. The van der Waals surface area contributed by atoms with Gasteiger partial charge < -0.3 is 15.5 Å². The number of nitrogens with zero attached hydrogens (tertiary/aromatic N) is 2. The number of hydrogen-bond donors (Lipinski definition) is 2. The number of piperidine rings is 1. The van der Waals surface area contributed by atoms with Gasteiger partial charge in [0.1, 0.15) is 5.54 Å². The van der Waals surface area contributed by atoms with Gasteiger partial charge in [-0.2, -0.15) is 0 Å². The van der Waals surface area contributed by atoms with Gasteiger partial charge in [0.2, 0.25) is 5.91 Å². The zero-order valence-corrected chi connectivity index (χ0v) is 15.0. The van der Waals surface area contributed by atoms with E-state index in [1.54, 1.807) is 4.90 Å². The summed E-state index contributed by atoms with van der Waals surface area (Å²) in [5, 5.41) is 6.13. The first-order chi connectivity index (χ1) is 11.0. The standard InChI is InChI=1S/C16H26N4O3.ClH/c1-19(12-4-9-17-10-5-12)13(21)6-11-20-14(22)16(18-15(20)23)7-2-3-8-16;/h12,17H,2-11H2,1H3,(H,18,23);1H. The first kappa shape index (κ1) is 19.0. The van der Waals surface area contributed by atoms with E-state index in [2.05, 4.69) is 10.6 Å². The second-order valence-electron chi connectivity index (χ2n) is 6.91. The minimum atomic E-state index is -0.679. The summed E-state index contributed by atoms with van der Waals surface area (Å²) in [4.78, 5) is 40.0. The maximum Gasteiger partial charge on any atom is 0.325 e. The lowest BCUT2D eigenvalue weighted by Crippen LogP contribution is -2.45. The van der Waals surface area contributed by atoms with Gasteiger partial charge in [0.05, 0.1) is 0 Å². The summed E-state index contributed by atoms with van der Waals surface area (Å²) in [7, 11) is 1.82. The van der Waals surface area contributed by atoms with Crippen molar-refractivity contribution in [1.29, 1.82) is 0 Å². The number of rotatable bonds is 4. The van der Waals surface area contributed by atoms with Crippen molar-refractivity contribution < 1.29 is 14.4 Å². The molecule has 2 aliphatic heterocycles. The van der Waals surface area contributed by atoms with E-state index in [1.807, 2.05) is 7.05 Å². The SMILES string of the molecule is CN(C(=O)CCN1C(=O)NC2(CCCC2)C1=O)C1CCNCC1.Cl. The maximum atomic E-state index is 12.5. The predicted molar refractivity (Wildman–Crippen MR) is 92.0 cm³/mol. The Morgan fingerprint density at radius 1 is 1.25 bits per heavy atom. The van der Waals surface area contributed by atoms with Gasteiger partial charge in [-0.1, -0.05) is 12.8 Å². The molecule has 0 aromatic heterocycles. The first-order valence-corrected chi connectivity index (χ1v) is 8.64. The summed E-state index contributed by atoms with van der Waals surface area (Å²) in [6, 6.07) is -0.0813. The molecule has 4 amide bonds. The van der Waals surface area contributed by atoms with Crippen molar-refractivity contribution in [1.82, 2.24) is 20.4 Å². The Morgan fingerprint density at radius 3 is 2.50 bits per heavy atom. The van der Waals surface area contributed by atoms with Crippen LogP contribution in [0.1, 0.15) is 44.9 Å². The molecule has 2 heterocycles. The van der Waals surface area contributed by atoms with E-state index >= 15 is 0 Å². The number of carbonyl (C=O) groups is 3. The number of hydrogen-bond acceptors (Lipinski definition) is 4. The van der Waals surface area contributed by atoms with Gasteiger partial charge in [0.15, 0.2) is 0 Å². The Labute approximate surface area is 148 Å². The average Bonchev–Trinajstić information content (AvgIpc) is 3.12. The van der Waals surface area contributed by atoms with Crippen molar-refractivity contribution in [3.05, 3.63) is 0 Å². The molecule has 0 radical (unpaired) electrons. The molecular weight excluding hydrogens is 332 g/mol. The van der Waals surface area contributed by atoms with E-state index in [1.165, 1.54) is 4.90 Å². The summed E-state index contributed by atoms with van der Waals surface area (Å²) < 4.78 is 0. The van der Waals surface area contributed by atoms with Crippen LogP contribution >= 0.6 is 12.4 Å². The molecule has 8 heteroatoms. The molecule has 3 fully saturated rings. The highest BCUT2D eigenvalue weighted by molar-refractivity contribution is 6.07. The van der Waals surface area contributed by atoms with Gasteiger partial charge in [-0.05, 0) is 38.8 Å². The molecule has 2 N–H and O–H groups in total. The fourth-order valence-electron chi connectivity index (χ4n) is 3.98. The molecule has 136 valence electrons. The van der Waals surface area contributed by atoms with E-state index in [0.717, 1.165) is 51.6 Å². The van der Waals surface area contributed by atoms with Crippen LogP contribution in [-0.2, 0) is 9.59 Å². The third-order valence-electron chi connectivity index (χ3n) is 5.50. The van der Waals surface area contributed by atoms with E-state index in [-0.39, 0.29) is 49.3 Å². The Bertz CT molecular complexity index is 502. The molecule has 3 aliphatic rings. The van der Waals surface area contributed by atoms with Gasteiger partial charge in [0.25, 0.3) is 5.91 Å². The van der Waals surface area contributed by atoms with Crippen molar-refractivity contribution >= 4 is 30.3 Å². The molecule has 2 saturated heterocycles. The molecule has 0 unspecified atom stereocenters. The molecular formula is C16H27ClN4O3. The largest absolute Gasteiger partial charge is 0.343 e. The topological polar surface area (TPSA) is 81.8 Å². The van der Waals surface area contributed by atoms with Gasteiger partial charge in [-0.15, -0.1) is 12.4 Å². The van der Waals surface area contributed by atoms with Gasteiger partial charge in [-0.25, -0.2) is 4.79 Å². The summed E-state index contributed by atoms with van der Waals surface area (Å²) in [6.07, 6.45) is 5.49. The minimum Gasteiger partial charge on any atom is -0.343 e. The van der Waals surface area contributed by atoms with Crippen LogP contribution in [0.15, 0.2) is 0 Å². The monoisotopic (exact) mass is 358 g/mol. The smallest absolute Gasteiger partial charge is 0.325 e. The molecule has 0 atom stereocenters. The maximum absolute atomic E-state index is 12.5. The highest BCUT2D eigenvalue weighted by Gasteiger charge is 2.52. The van der Waals surface area contributed by atoms with E-state index in [4.69, 9.17) is 0 Å². The van der Waals surface area contributed by atoms with Gasteiger partial charge >= 0.3 is 6.03 Å². The number of nitrogens with one attached hydrogen (secondary N) is 2. The number of urea groups is 1. The van der Waals surface area contributed by atoms with E-state index in [9.17, 15) is 14.4 Å². The fourth-order valence-corrected chi connectivity index (χ4v) is 3.98. The molecule has 24 heavy (non-hydrogen) atoms. The van der Waals surface area contributed by atoms with Crippen molar-refractivity contribution in [3.8, 4) is 0 Å². The highest BCUT2D eigenvalue weighted by atomic mass is 35.5. The number of halogens is 1. The van der Waals surface area contributed by atoms with E-state index < -0.39 is 5.54 Å². The quantitative estimate of drug-likeness (QED) is 0.731. The van der Waals surface area contributed by atoms with Crippen LogP contribution in [0.3, 0.4) is 0 Å². The summed E-state index contributed by atoms with van der Waals surface area (Å²) in [5.41, 5.74) is -0.679. The lowest BCUT2D eigenvalue weighted by Gasteiger charge is -2.32. The Hall–Kier alpha value is -1.34.